The Hall–Kier alpha value is -2.18. The molecular weight excluding hydrogens is 331 g/mol. The van der Waals surface area contributed by atoms with Crippen LogP contribution in [0, 0.1) is 5.82 Å². The summed E-state index contributed by atoms with van der Waals surface area (Å²) in [5.41, 5.74) is 0.704. The molecule has 1 aliphatic heterocycles. The Bertz CT molecular complexity index is 708. The van der Waals surface area contributed by atoms with Crippen molar-refractivity contribution in [3.05, 3.63) is 60.2 Å². The quantitative estimate of drug-likeness (QED) is 0.792. The first-order chi connectivity index (χ1) is 12.5. The first-order valence-electron chi connectivity index (χ1n) is 9.08. The van der Waals surface area contributed by atoms with E-state index in [-0.39, 0.29) is 11.7 Å². The fourth-order valence-electron chi connectivity index (χ4n) is 3.48. The average molecular weight is 358 g/mol. The van der Waals surface area contributed by atoms with Crippen molar-refractivity contribution in [3.63, 3.8) is 0 Å². The zero-order valence-electron chi connectivity index (χ0n) is 15.5. The average Bonchev–Trinajstić information content (AvgIpc) is 3.14. The summed E-state index contributed by atoms with van der Waals surface area (Å²) in [5, 5.41) is 0. The number of amides is 1. The van der Waals surface area contributed by atoms with Gasteiger partial charge in [0.25, 0.3) is 0 Å². The summed E-state index contributed by atoms with van der Waals surface area (Å²) in [6.45, 7) is 5.11. The Kier molecular flexibility index (Phi) is 6.06. The lowest BCUT2D eigenvalue weighted by molar-refractivity contribution is -0.138. The molecule has 0 saturated carbocycles. The summed E-state index contributed by atoms with van der Waals surface area (Å²) in [7, 11) is 3.72. The van der Waals surface area contributed by atoms with Crippen LogP contribution in [0.1, 0.15) is 11.6 Å². The van der Waals surface area contributed by atoms with E-state index in [9.17, 15) is 9.18 Å². The minimum atomic E-state index is -0.447. The van der Waals surface area contributed by atoms with Crippen LogP contribution in [0.2, 0.25) is 0 Å². The number of piperazine rings is 1. The summed E-state index contributed by atoms with van der Waals surface area (Å²) in [4.78, 5) is 19.2. The number of carbonyl (C=O) groups is 1. The van der Waals surface area contributed by atoms with E-state index in [4.69, 9.17) is 0 Å². The maximum atomic E-state index is 13.6. The maximum absolute atomic E-state index is 13.6. The predicted octanol–water partition coefficient (Wildman–Crippen LogP) is 2.07. The van der Waals surface area contributed by atoms with Crippen molar-refractivity contribution in [1.82, 2.24) is 19.3 Å². The van der Waals surface area contributed by atoms with Gasteiger partial charge in [0.15, 0.2) is 0 Å². The van der Waals surface area contributed by atoms with E-state index in [0.29, 0.717) is 18.7 Å². The van der Waals surface area contributed by atoms with Gasteiger partial charge in [-0.25, -0.2) is 4.39 Å². The van der Waals surface area contributed by atoms with E-state index in [1.807, 2.05) is 42.1 Å². The molecule has 2 heterocycles. The zero-order valence-corrected chi connectivity index (χ0v) is 15.5. The summed E-state index contributed by atoms with van der Waals surface area (Å²) in [6, 6.07) is 9.96. The van der Waals surface area contributed by atoms with E-state index in [2.05, 4.69) is 21.9 Å². The van der Waals surface area contributed by atoms with E-state index in [1.165, 1.54) is 12.1 Å². The van der Waals surface area contributed by atoms with E-state index in [0.717, 1.165) is 26.2 Å². The number of hydrogen-bond acceptors (Lipinski definition) is 3. The first-order valence-corrected chi connectivity index (χ1v) is 9.08. The molecule has 0 bridgehead atoms. The van der Waals surface area contributed by atoms with Crippen molar-refractivity contribution in [2.45, 2.75) is 12.6 Å². The zero-order chi connectivity index (χ0) is 18.5. The van der Waals surface area contributed by atoms with Gasteiger partial charge in [-0.1, -0.05) is 12.1 Å². The van der Waals surface area contributed by atoms with Crippen LogP contribution in [0.4, 0.5) is 4.39 Å². The highest BCUT2D eigenvalue weighted by Crippen LogP contribution is 2.22. The molecule has 26 heavy (non-hydrogen) atoms. The van der Waals surface area contributed by atoms with E-state index >= 15 is 0 Å². The first kappa shape index (κ1) is 18.6. The van der Waals surface area contributed by atoms with Crippen LogP contribution >= 0.6 is 0 Å². The fourth-order valence-corrected chi connectivity index (χ4v) is 3.48. The highest BCUT2D eigenvalue weighted by molar-refractivity contribution is 5.83. The molecule has 0 N–H and O–H groups in total. The number of benzene rings is 1. The van der Waals surface area contributed by atoms with Crippen molar-refractivity contribution in [2.75, 3.05) is 46.8 Å². The standard InChI is InChI=1S/C20H27FN4O/c1-22(2)19(17-6-5-7-18(21)16-17)20(26)25-14-12-24(13-15-25)11-10-23-8-3-4-9-23/h3-9,16,19H,10-15H2,1-2H3/t19-/m0/s1. The van der Waals surface area contributed by atoms with Crippen LogP contribution in [-0.2, 0) is 11.3 Å². The molecule has 1 aromatic carbocycles. The second-order valence-electron chi connectivity index (χ2n) is 7.01. The molecule has 2 aromatic rings. The van der Waals surface area contributed by atoms with Gasteiger partial charge in [0.2, 0.25) is 5.91 Å². The van der Waals surface area contributed by atoms with E-state index in [1.54, 1.807) is 6.07 Å². The van der Waals surface area contributed by atoms with Gasteiger partial charge >= 0.3 is 0 Å². The van der Waals surface area contributed by atoms with Gasteiger partial charge in [-0.3, -0.25) is 14.6 Å². The minimum absolute atomic E-state index is 0.0469. The number of nitrogens with zero attached hydrogens (tertiary/aromatic N) is 4. The van der Waals surface area contributed by atoms with Gasteiger partial charge in [-0.15, -0.1) is 0 Å². The normalized spacial score (nSPS) is 16.8. The molecule has 5 nitrogen and oxygen atoms in total. The van der Waals surface area contributed by atoms with Crippen LogP contribution in [0.3, 0.4) is 0 Å². The number of aromatic nitrogens is 1. The summed E-state index contributed by atoms with van der Waals surface area (Å²) >= 11 is 0. The number of rotatable bonds is 6. The summed E-state index contributed by atoms with van der Waals surface area (Å²) in [6.07, 6.45) is 4.14. The molecule has 6 heteroatoms. The second-order valence-corrected chi connectivity index (χ2v) is 7.01. The SMILES string of the molecule is CN(C)[C@H](C(=O)N1CCN(CCn2cccc2)CC1)c1cccc(F)c1. The second kappa shape index (κ2) is 8.47. The van der Waals surface area contributed by atoms with Crippen LogP contribution in [0.25, 0.3) is 0 Å². The van der Waals surface area contributed by atoms with Crippen molar-refractivity contribution < 1.29 is 9.18 Å². The Labute approximate surface area is 154 Å². The van der Waals surface area contributed by atoms with Crippen LogP contribution in [0.5, 0.6) is 0 Å². The lowest BCUT2D eigenvalue weighted by Gasteiger charge is -2.37. The summed E-state index contributed by atoms with van der Waals surface area (Å²) in [5.74, 6) is -0.261. The molecular formula is C20H27FN4O. The van der Waals surface area contributed by atoms with Crippen LogP contribution in [-0.4, -0.2) is 72.0 Å². The topological polar surface area (TPSA) is 31.7 Å². The highest BCUT2D eigenvalue weighted by atomic mass is 19.1. The molecule has 1 atom stereocenters. The minimum Gasteiger partial charge on any atom is -0.353 e. The van der Waals surface area contributed by atoms with E-state index < -0.39 is 6.04 Å². The van der Waals surface area contributed by atoms with Crippen molar-refractivity contribution in [3.8, 4) is 0 Å². The fraction of sp³-hybridized carbons (Fsp3) is 0.450. The molecule has 1 saturated heterocycles. The molecule has 0 spiro atoms. The molecule has 1 aromatic heterocycles. The Morgan fingerprint density at radius 2 is 1.77 bits per heavy atom. The summed E-state index contributed by atoms with van der Waals surface area (Å²) < 4.78 is 15.8. The number of likely N-dealkylation sites (N-methyl/N-ethyl adjacent to an activating group) is 1. The van der Waals surface area contributed by atoms with Gasteiger partial charge in [0.05, 0.1) is 0 Å². The molecule has 0 aliphatic carbocycles. The van der Waals surface area contributed by atoms with Gasteiger partial charge in [0, 0.05) is 51.7 Å². The van der Waals surface area contributed by atoms with Gasteiger partial charge in [0.1, 0.15) is 11.9 Å². The van der Waals surface area contributed by atoms with Gasteiger partial charge < -0.3 is 9.47 Å². The number of hydrogen-bond donors (Lipinski definition) is 0. The monoisotopic (exact) mass is 358 g/mol. The van der Waals surface area contributed by atoms with Crippen molar-refractivity contribution >= 4 is 5.91 Å². The van der Waals surface area contributed by atoms with Crippen molar-refractivity contribution in [1.29, 1.82) is 0 Å². The highest BCUT2D eigenvalue weighted by Gasteiger charge is 2.30. The molecule has 140 valence electrons. The third-order valence-corrected chi connectivity index (χ3v) is 4.94. The molecule has 3 rings (SSSR count). The third-order valence-electron chi connectivity index (χ3n) is 4.94. The maximum Gasteiger partial charge on any atom is 0.244 e. The molecule has 1 aliphatic rings. The van der Waals surface area contributed by atoms with Crippen LogP contribution in [0.15, 0.2) is 48.8 Å². The largest absolute Gasteiger partial charge is 0.353 e. The number of halogens is 1. The Balaban J connectivity index is 1.57. The lowest BCUT2D eigenvalue weighted by atomic mass is 10.0. The van der Waals surface area contributed by atoms with Gasteiger partial charge in [-0.05, 0) is 43.9 Å². The molecule has 1 fully saturated rings. The van der Waals surface area contributed by atoms with Crippen molar-refractivity contribution in [2.24, 2.45) is 0 Å². The molecule has 0 unspecified atom stereocenters. The smallest absolute Gasteiger partial charge is 0.244 e. The number of carbonyl (C=O) groups excluding carboxylic acids is 1. The molecule has 1 amide bonds. The Morgan fingerprint density at radius 1 is 1.08 bits per heavy atom. The Morgan fingerprint density at radius 3 is 2.38 bits per heavy atom. The van der Waals surface area contributed by atoms with Gasteiger partial charge in [-0.2, -0.15) is 0 Å². The van der Waals surface area contributed by atoms with Crippen LogP contribution < -0.4 is 0 Å². The molecule has 0 radical (unpaired) electrons. The third kappa shape index (κ3) is 4.51. The lowest BCUT2D eigenvalue weighted by Crippen LogP contribution is -2.51. The predicted molar refractivity (Wildman–Crippen MR) is 100 cm³/mol.